The quantitative estimate of drug-likeness (QED) is 0.631. The molecule has 2 nitrogen and oxygen atoms in total. The first kappa shape index (κ1) is 20.4. The first-order chi connectivity index (χ1) is 11.8. The van der Waals surface area contributed by atoms with Crippen LogP contribution >= 0.6 is 0 Å². The zero-order valence-electron chi connectivity index (χ0n) is 17.6. The number of hydrogen-bond donors (Lipinski definition) is 2. The van der Waals surface area contributed by atoms with Crippen LogP contribution in [0, 0.1) is 0 Å². The predicted molar refractivity (Wildman–Crippen MR) is 116 cm³/mol. The monoisotopic (exact) mass is 352 g/mol. The maximum Gasteiger partial charge on any atom is 0.0390 e. The minimum atomic E-state index is 0.0242. The minimum Gasteiger partial charge on any atom is -0.399 e. The first-order valence-corrected chi connectivity index (χ1v) is 9.60. The molecule has 0 atom stereocenters. The zero-order chi connectivity index (χ0) is 19.8. The van der Waals surface area contributed by atoms with Crippen LogP contribution in [-0.2, 0) is 16.2 Å². The van der Waals surface area contributed by atoms with Crippen molar-refractivity contribution in [2.45, 2.75) is 77.6 Å². The summed E-state index contributed by atoms with van der Waals surface area (Å²) in [5, 5.41) is 0. The van der Waals surface area contributed by atoms with Crippen LogP contribution in [0.2, 0.25) is 0 Å². The Hall–Kier alpha value is -1.96. The van der Waals surface area contributed by atoms with E-state index in [9.17, 15) is 0 Å². The summed E-state index contributed by atoms with van der Waals surface area (Å²) in [4.78, 5) is 0. The summed E-state index contributed by atoms with van der Waals surface area (Å²) in [6, 6.07) is 14.8. The standard InChI is InChI=1S/C24H36N2/c1-22(2,3)19-9-8-10-20(21(19)26)24(6,7)16-15-23(4,5)17-11-13-18(25)14-12-17/h8-14H,15-16,25-26H2,1-7H3. The highest BCUT2D eigenvalue weighted by Gasteiger charge is 2.30. The molecule has 0 heterocycles. The average Bonchev–Trinajstić information content (AvgIpc) is 2.52. The van der Waals surface area contributed by atoms with Crippen molar-refractivity contribution in [3.05, 3.63) is 59.2 Å². The Morgan fingerprint density at radius 2 is 1.15 bits per heavy atom. The first-order valence-electron chi connectivity index (χ1n) is 9.60. The smallest absolute Gasteiger partial charge is 0.0390 e. The Bertz CT molecular complexity index is 747. The van der Waals surface area contributed by atoms with Crippen LogP contribution in [0.4, 0.5) is 11.4 Å². The molecular formula is C24H36N2. The lowest BCUT2D eigenvalue weighted by Crippen LogP contribution is -2.26. The third-order valence-electron chi connectivity index (χ3n) is 5.71. The van der Waals surface area contributed by atoms with E-state index >= 15 is 0 Å². The second-order valence-electron chi connectivity index (χ2n) is 9.91. The van der Waals surface area contributed by atoms with Gasteiger partial charge >= 0.3 is 0 Å². The predicted octanol–water partition coefficient (Wildman–Crippen LogP) is 6.18. The maximum absolute atomic E-state index is 6.61. The van der Waals surface area contributed by atoms with Gasteiger partial charge < -0.3 is 11.5 Å². The highest BCUT2D eigenvalue weighted by Crippen LogP contribution is 2.40. The van der Waals surface area contributed by atoms with Gasteiger partial charge in [-0.05, 0) is 57.9 Å². The van der Waals surface area contributed by atoms with Gasteiger partial charge in [0.05, 0.1) is 0 Å². The normalized spacial score (nSPS) is 13.0. The number of nitrogens with two attached hydrogens (primary N) is 2. The summed E-state index contributed by atoms with van der Waals surface area (Å²) in [5.74, 6) is 0. The Labute approximate surface area is 160 Å². The second-order valence-corrected chi connectivity index (χ2v) is 9.91. The van der Waals surface area contributed by atoms with Gasteiger partial charge in [0.25, 0.3) is 0 Å². The Balaban J connectivity index is 2.25. The molecular weight excluding hydrogens is 316 g/mol. The lowest BCUT2D eigenvalue weighted by atomic mass is 9.71. The van der Waals surface area contributed by atoms with Crippen molar-refractivity contribution in [2.75, 3.05) is 11.5 Å². The van der Waals surface area contributed by atoms with E-state index < -0.39 is 0 Å². The summed E-state index contributed by atoms with van der Waals surface area (Å²) in [6.45, 7) is 15.9. The molecule has 2 rings (SSSR count). The number of anilines is 2. The van der Waals surface area contributed by atoms with Crippen LogP contribution in [0.3, 0.4) is 0 Å². The summed E-state index contributed by atoms with van der Waals surface area (Å²) in [5.41, 5.74) is 18.2. The molecule has 2 aromatic rings. The van der Waals surface area contributed by atoms with Gasteiger partial charge in [-0.1, -0.05) is 78.8 Å². The molecule has 0 saturated carbocycles. The fraction of sp³-hybridized carbons (Fsp3) is 0.500. The van der Waals surface area contributed by atoms with Crippen molar-refractivity contribution in [1.29, 1.82) is 0 Å². The fourth-order valence-corrected chi connectivity index (χ4v) is 3.65. The Morgan fingerprint density at radius 3 is 1.69 bits per heavy atom. The van der Waals surface area contributed by atoms with Crippen LogP contribution in [-0.4, -0.2) is 0 Å². The number of rotatable bonds is 5. The SMILES string of the molecule is CC(C)(C)c1cccc(C(C)(C)CCC(C)(C)c2ccc(N)cc2)c1N. The van der Waals surface area contributed by atoms with E-state index in [1.54, 1.807) is 0 Å². The Kier molecular flexibility index (Phi) is 5.46. The van der Waals surface area contributed by atoms with E-state index in [2.05, 4.69) is 78.8 Å². The van der Waals surface area contributed by atoms with E-state index in [1.807, 2.05) is 12.1 Å². The zero-order valence-corrected chi connectivity index (χ0v) is 17.6. The van der Waals surface area contributed by atoms with E-state index in [-0.39, 0.29) is 16.2 Å². The fourth-order valence-electron chi connectivity index (χ4n) is 3.65. The van der Waals surface area contributed by atoms with Crippen LogP contribution in [0.15, 0.2) is 42.5 Å². The van der Waals surface area contributed by atoms with Crippen molar-refractivity contribution < 1.29 is 0 Å². The molecule has 0 saturated heterocycles. The van der Waals surface area contributed by atoms with Crippen molar-refractivity contribution in [3.63, 3.8) is 0 Å². The summed E-state index contributed by atoms with van der Waals surface area (Å²) in [7, 11) is 0. The number of para-hydroxylation sites is 1. The van der Waals surface area contributed by atoms with Crippen molar-refractivity contribution >= 4 is 11.4 Å². The lowest BCUT2D eigenvalue weighted by Gasteiger charge is -2.34. The van der Waals surface area contributed by atoms with Gasteiger partial charge in [0.1, 0.15) is 0 Å². The molecule has 0 amide bonds. The van der Waals surface area contributed by atoms with E-state index in [0.29, 0.717) is 0 Å². The molecule has 0 radical (unpaired) electrons. The van der Waals surface area contributed by atoms with Crippen LogP contribution < -0.4 is 11.5 Å². The maximum atomic E-state index is 6.61. The summed E-state index contributed by atoms with van der Waals surface area (Å²) in [6.07, 6.45) is 2.16. The molecule has 26 heavy (non-hydrogen) atoms. The van der Waals surface area contributed by atoms with Gasteiger partial charge in [-0.25, -0.2) is 0 Å². The van der Waals surface area contributed by atoms with Crippen LogP contribution in [0.5, 0.6) is 0 Å². The third-order valence-corrected chi connectivity index (χ3v) is 5.71. The third kappa shape index (κ3) is 4.41. The molecule has 0 aliphatic carbocycles. The van der Waals surface area contributed by atoms with Crippen molar-refractivity contribution in [2.24, 2.45) is 0 Å². The van der Waals surface area contributed by atoms with Gasteiger partial charge in [0.2, 0.25) is 0 Å². The van der Waals surface area contributed by atoms with Gasteiger partial charge in [-0.2, -0.15) is 0 Å². The molecule has 2 heteroatoms. The van der Waals surface area contributed by atoms with Crippen LogP contribution in [0.25, 0.3) is 0 Å². The van der Waals surface area contributed by atoms with E-state index in [0.717, 1.165) is 24.2 Å². The van der Waals surface area contributed by atoms with Gasteiger partial charge in [-0.15, -0.1) is 0 Å². The molecule has 0 aliphatic rings. The molecule has 2 aromatic carbocycles. The lowest BCUT2D eigenvalue weighted by molar-refractivity contribution is 0.375. The highest BCUT2D eigenvalue weighted by atomic mass is 14.6. The van der Waals surface area contributed by atoms with Crippen LogP contribution in [0.1, 0.15) is 78.0 Å². The Morgan fingerprint density at radius 1 is 0.654 bits per heavy atom. The molecule has 0 bridgehead atoms. The number of benzene rings is 2. The molecule has 4 N–H and O–H groups in total. The molecule has 0 unspecified atom stereocenters. The molecule has 0 aliphatic heterocycles. The van der Waals surface area contributed by atoms with E-state index in [4.69, 9.17) is 11.5 Å². The number of nitrogen functional groups attached to an aromatic ring is 2. The molecule has 0 aromatic heterocycles. The van der Waals surface area contributed by atoms with E-state index in [1.165, 1.54) is 16.7 Å². The topological polar surface area (TPSA) is 52.0 Å². The minimum absolute atomic E-state index is 0.0242. The average molecular weight is 353 g/mol. The highest BCUT2D eigenvalue weighted by molar-refractivity contribution is 5.59. The summed E-state index contributed by atoms with van der Waals surface area (Å²) >= 11 is 0. The largest absolute Gasteiger partial charge is 0.399 e. The van der Waals surface area contributed by atoms with Crippen molar-refractivity contribution in [1.82, 2.24) is 0 Å². The van der Waals surface area contributed by atoms with Gasteiger partial charge in [0.15, 0.2) is 0 Å². The molecule has 0 fully saturated rings. The summed E-state index contributed by atoms with van der Waals surface area (Å²) < 4.78 is 0. The molecule has 142 valence electrons. The van der Waals surface area contributed by atoms with Gasteiger partial charge in [-0.3, -0.25) is 0 Å². The second kappa shape index (κ2) is 6.98. The van der Waals surface area contributed by atoms with Crippen molar-refractivity contribution in [3.8, 4) is 0 Å². The molecule has 0 spiro atoms. The number of hydrogen-bond acceptors (Lipinski definition) is 2. The van der Waals surface area contributed by atoms with Gasteiger partial charge in [0, 0.05) is 11.4 Å².